The first-order valence-corrected chi connectivity index (χ1v) is 6.97. The van der Waals surface area contributed by atoms with E-state index in [0.717, 1.165) is 30.5 Å². The van der Waals surface area contributed by atoms with Crippen molar-refractivity contribution in [2.24, 2.45) is 0 Å². The lowest BCUT2D eigenvalue weighted by Gasteiger charge is -2.15. The number of aryl methyl sites for hydroxylation is 1. The summed E-state index contributed by atoms with van der Waals surface area (Å²) in [6, 6.07) is 9.36. The van der Waals surface area contributed by atoms with E-state index in [-0.39, 0.29) is 16.6 Å². The summed E-state index contributed by atoms with van der Waals surface area (Å²) in [6.07, 6.45) is 1.67. The highest BCUT2D eigenvalue weighted by Crippen LogP contribution is 2.31. The van der Waals surface area contributed by atoms with Crippen molar-refractivity contribution in [3.05, 3.63) is 69.7 Å². The van der Waals surface area contributed by atoms with Crippen LogP contribution in [0.5, 0.6) is 0 Å². The number of benzene rings is 2. The van der Waals surface area contributed by atoms with Gasteiger partial charge in [-0.2, -0.15) is 0 Å². The molecule has 0 heterocycles. The molecule has 1 aliphatic rings. The molecule has 0 spiro atoms. The molecule has 5 heteroatoms. The summed E-state index contributed by atoms with van der Waals surface area (Å²) in [5.41, 5.74) is 2.20. The smallest absolute Gasteiger partial charge is 0.253 e. The number of hydrogen-bond donors (Lipinski definition) is 1. The minimum Gasteiger partial charge on any atom is -0.345 e. The molecule has 0 aromatic heterocycles. The highest BCUT2D eigenvalue weighted by Gasteiger charge is 2.25. The summed E-state index contributed by atoms with van der Waals surface area (Å²) in [4.78, 5) is 12.2. The molecule has 0 aliphatic heterocycles. The van der Waals surface area contributed by atoms with Gasteiger partial charge in [-0.05, 0) is 36.1 Å². The first-order chi connectivity index (χ1) is 10.1. The number of rotatable bonds is 2. The van der Waals surface area contributed by atoms with E-state index in [4.69, 9.17) is 11.6 Å². The third-order valence-electron chi connectivity index (χ3n) is 3.69. The molecular formula is C16H12ClF2NO. The summed E-state index contributed by atoms with van der Waals surface area (Å²) in [6.45, 7) is 0. The Morgan fingerprint density at radius 2 is 1.90 bits per heavy atom. The van der Waals surface area contributed by atoms with Gasteiger partial charge in [-0.15, -0.1) is 0 Å². The highest BCUT2D eigenvalue weighted by atomic mass is 35.5. The fourth-order valence-corrected chi connectivity index (χ4v) is 2.88. The maximum absolute atomic E-state index is 13.3. The van der Waals surface area contributed by atoms with Gasteiger partial charge in [-0.25, -0.2) is 8.78 Å². The van der Waals surface area contributed by atoms with Crippen LogP contribution < -0.4 is 5.32 Å². The van der Waals surface area contributed by atoms with Gasteiger partial charge < -0.3 is 5.32 Å². The van der Waals surface area contributed by atoms with E-state index in [0.29, 0.717) is 0 Å². The topological polar surface area (TPSA) is 29.1 Å². The average molecular weight is 308 g/mol. The molecule has 21 heavy (non-hydrogen) atoms. The van der Waals surface area contributed by atoms with Crippen molar-refractivity contribution in [2.75, 3.05) is 0 Å². The molecule has 2 nitrogen and oxygen atoms in total. The lowest BCUT2D eigenvalue weighted by atomic mass is 10.1. The molecule has 2 aromatic rings. The number of halogens is 3. The van der Waals surface area contributed by atoms with Crippen LogP contribution in [0.2, 0.25) is 5.02 Å². The van der Waals surface area contributed by atoms with Gasteiger partial charge in [0.2, 0.25) is 0 Å². The third kappa shape index (κ3) is 2.63. The lowest BCUT2D eigenvalue weighted by Crippen LogP contribution is -2.27. The van der Waals surface area contributed by atoms with Gasteiger partial charge in [0.15, 0.2) is 11.6 Å². The maximum Gasteiger partial charge on any atom is 0.253 e. The van der Waals surface area contributed by atoms with Crippen LogP contribution >= 0.6 is 11.6 Å². The van der Waals surface area contributed by atoms with E-state index < -0.39 is 17.5 Å². The van der Waals surface area contributed by atoms with E-state index in [1.807, 2.05) is 24.3 Å². The number of carbonyl (C=O) groups is 1. The Morgan fingerprint density at radius 1 is 1.19 bits per heavy atom. The van der Waals surface area contributed by atoms with E-state index in [1.54, 1.807) is 0 Å². The van der Waals surface area contributed by atoms with E-state index in [1.165, 1.54) is 5.56 Å². The quantitative estimate of drug-likeness (QED) is 0.834. The van der Waals surface area contributed by atoms with Gasteiger partial charge >= 0.3 is 0 Å². The largest absolute Gasteiger partial charge is 0.345 e. The minimum absolute atomic E-state index is 0.0556. The second-order valence-corrected chi connectivity index (χ2v) is 5.42. The minimum atomic E-state index is -1.09. The molecule has 0 radical (unpaired) electrons. The van der Waals surface area contributed by atoms with Gasteiger partial charge in [0.05, 0.1) is 16.6 Å². The third-order valence-corrected chi connectivity index (χ3v) is 4.01. The van der Waals surface area contributed by atoms with Gasteiger partial charge in [-0.3, -0.25) is 4.79 Å². The van der Waals surface area contributed by atoms with Crippen molar-refractivity contribution >= 4 is 17.5 Å². The standard InChI is InChI=1S/C16H12ClF2NO/c17-12-8-14(19)13(18)7-11(12)16(21)20-15-6-5-9-3-1-2-4-10(9)15/h1-4,7-8,15H,5-6H2,(H,20,21). The van der Waals surface area contributed by atoms with Crippen LogP contribution in [-0.4, -0.2) is 5.91 Å². The Bertz CT molecular complexity index is 717. The first-order valence-electron chi connectivity index (χ1n) is 6.59. The fourth-order valence-electron chi connectivity index (χ4n) is 2.64. The van der Waals surface area contributed by atoms with Crippen LogP contribution in [0.4, 0.5) is 8.78 Å². The SMILES string of the molecule is O=C(NC1CCc2ccccc21)c1cc(F)c(F)cc1Cl. The van der Waals surface area contributed by atoms with Crippen molar-refractivity contribution in [1.82, 2.24) is 5.32 Å². The predicted molar refractivity (Wildman–Crippen MR) is 76.3 cm³/mol. The number of hydrogen-bond acceptors (Lipinski definition) is 1. The van der Waals surface area contributed by atoms with Gasteiger partial charge in [-0.1, -0.05) is 35.9 Å². The first kappa shape index (κ1) is 14.0. The number of carbonyl (C=O) groups excluding carboxylic acids is 1. The molecule has 1 amide bonds. The van der Waals surface area contributed by atoms with Crippen LogP contribution in [0.15, 0.2) is 36.4 Å². The second-order valence-electron chi connectivity index (χ2n) is 5.01. The zero-order chi connectivity index (χ0) is 15.0. The van der Waals surface area contributed by atoms with Crippen molar-refractivity contribution in [2.45, 2.75) is 18.9 Å². The van der Waals surface area contributed by atoms with Crippen molar-refractivity contribution < 1.29 is 13.6 Å². The van der Waals surface area contributed by atoms with E-state index in [9.17, 15) is 13.6 Å². The van der Waals surface area contributed by atoms with Gasteiger partial charge in [0.1, 0.15) is 0 Å². The molecule has 1 N–H and O–H groups in total. The molecule has 2 aromatic carbocycles. The number of nitrogens with one attached hydrogen (secondary N) is 1. The molecule has 0 fully saturated rings. The molecular weight excluding hydrogens is 296 g/mol. The summed E-state index contributed by atoms with van der Waals surface area (Å²) >= 11 is 5.81. The summed E-state index contributed by atoms with van der Waals surface area (Å²) in [7, 11) is 0. The predicted octanol–water partition coefficient (Wildman–Crippen LogP) is 4.04. The zero-order valence-corrected chi connectivity index (χ0v) is 11.8. The van der Waals surface area contributed by atoms with Crippen molar-refractivity contribution in [1.29, 1.82) is 0 Å². The van der Waals surface area contributed by atoms with Gasteiger partial charge in [0.25, 0.3) is 5.91 Å². The summed E-state index contributed by atoms with van der Waals surface area (Å²) in [5, 5.41) is 2.73. The molecule has 1 aliphatic carbocycles. The lowest BCUT2D eigenvalue weighted by molar-refractivity contribution is 0.0936. The Labute approximate surface area is 125 Å². The van der Waals surface area contributed by atoms with Gasteiger partial charge in [0, 0.05) is 0 Å². The Hall–Kier alpha value is -1.94. The number of amides is 1. The molecule has 0 bridgehead atoms. The Kier molecular flexibility index (Phi) is 3.64. The van der Waals surface area contributed by atoms with Crippen LogP contribution in [0.1, 0.15) is 33.9 Å². The average Bonchev–Trinajstić information content (AvgIpc) is 2.86. The van der Waals surface area contributed by atoms with Crippen LogP contribution in [0.25, 0.3) is 0 Å². The molecule has 1 atom stereocenters. The fraction of sp³-hybridized carbons (Fsp3) is 0.188. The Balaban J connectivity index is 1.84. The van der Waals surface area contributed by atoms with E-state index >= 15 is 0 Å². The van der Waals surface area contributed by atoms with Crippen LogP contribution in [0, 0.1) is 11.6 Å². The molecule has 0 saturated heterocycles. The van der Waals surface area contributed by atoms with Crippen molar-refractivity contribution in [3.63, 3.8) is 0 Å². The van der Waals surface area contributed by atoms with E-state index in [2.05, 4.69) is 5.32 Å². The summed E-state index contributed by atoms with van der Waals surface area (Å²) < 4.78 is 26.3. The molecule has 1 unspecified atom stereocenters. The molecule has 0 saturated carbocycles. The normalized spacial score (nSPS) is 16.6. The molecule has 108 valence electrons. The Morgan fingerprint density at radius 3 is 2.71 bits per heavy atom. The monoisotopic (exact) mass is 307 g/mol. The molecule has 3 rings (SSSR count). The van der Waals surface area contributed by atoms with Crippen molar-refractivity contribution in [3.8, 4) is 0 Å². The van der Waals surface area contributed by atoms with Crippen LogP contribution in [-0.2, 0) is 6.42 Å². The summed E-state index contributed by atoms with van der Waals surface area (Å²) in [5.74, 6) is -2.65. The number of fused-ring (bicyclic) bond motifs is 1. The highest BCUT2D eigenvalue weighted by molar-refractivity contribution is 6.33. The maximum atomic E-state index is 13.3. The zero-order valence-electron chi connectivity index (χ0n) is 11.0. The van der Waals surface area contributed by atoms with Crippen LogP contribution in [0.3, 0.4) is 0 Å². The second kappa shape index (κ2) is 5.45.